The Morgan fingerprint density at radius 1 is 1.07 bits per heavy atom. The molecule has 0 unspecified atom stereocenters. The first kappa shape index (κ1) is 21.3. The molecule has 0 atom stereocenters. The van der Waals surface area contributed by atoms with E-state index < -0.39 is 5.97 Å². The zero-order chi connectivity index (χ0) is 21.5. The molecule has 0 aromatic heterocycles. The Morgan fingerprint density at radius 3 is 2.60 bits per heavy atom. The molecule has 0 bridgehead atoms. The number of esters is 1. The minimum absolute atomic E-state index is 0.162. The third kappa shape index (κ3) is 4.76. The van der Waals surface area contributed by atoms with Crippen molar-refractivity contribution in [2.24, 2.45) is 0 Å². The Balaban J connectivity index is 1.78. The number of fused-ring (bicyclic) bond motifs is 1. The molecule has 0 radical (unpaired) electrons. The second-order valence-corrected chi connectivity index (χ2v) is 6.49. The van der Waals surface area contributed by atoms with Crippen LogP contribution in [0.2, 0.25) is 0 Å². The van der Waals surface area contributed by atoms with E-state index in [1.807, 2.05) is 25.1 Å². The molecule has 0 saturated heterocycles. The normalized spacial score (nSPS) is 12.1. The first-order valence-electron chi connectivity index (χ1n) is 9.61. The molecule has 2 aromatic carbocycles. The van der Waals surface area contributed by atoms with Crippen LogP contribution in [-0.2, 0) is 16.1 Å². The van der Waals surface area contributed by atoms with E-state index in [-0.39, 0.29) is 12.5 Å². The van der Waals surface area contributed by atoms with Gasteiger partial charge in [-0.2, -0.15) is 0 Å². The molecule has 8 nitrogen and oxygen atoms in total. The highest BCUT2D eigenvalue weighted by atomic mass is 16.6. The minimum Gasteiger partial charge on any atom is -0.493 e. The lowest BCUT2D eigenvalue weighted by molar-refractivity contribution is -0.142. The smallest absolute Gasteiger partial charge is 0.343 e. The second-order valence-electron chi connectivity index (χ2n) is 6.49. The van der Waals surface area contributed by atoms with Crippen LogP contribution in [-0.4, -0.2) is 57.4 Å². The topological polar surface area (TPSA) is 83.5 Å². The molecule has 0 fully saturated rings. The Kier molecular flexibility index (Phi) is 7.00. The van der Waals surface area contributed by atoms with Gasteiger partial charge in [0, 0.05) is 24.2 Å². The Morgan fingerprint density at radius 2 is 1.87 bits per heavy atom. The Hall–Kier alpha value is -3.42. The summed E-state index contributed by atoms with van der Waals surface area (Å²) >= 11 is 0. The van der Waals surface area contributed by atoms with Crippen molar-refractivity contribution < 1.29 is 33.3 Å². The van der Waals surface area contributed by atoms with E-state index in [2.05, 4.69) is 4.74 Å². The van der Waals surface area contributed by atoms with Gasteiger partial charge in [0.1, 0.15) is 13.2 Å². The molecule has 1 heterocycles. The van der Waals surface area contributed by atoms with E-state index in [1.165, 1.54) is 14.2 Å². The summed E-state index contributed by atoms with van der Waals surface area (Å²) in [5.41, 5.74) is 1.33. The van der Waals surface area contributed by atoms with Crippen LogP contribution in [0, 0.1) is 0 Å². The van der Waals surface area contributed by atoms with E-state index in [1.54, 1.807) is 23.1 Å². The van der Waals surface area contributed by atoms with Crippen molar-refractivity contribution in [3.8, 4) is 23.0 Å². The Bertz CT molecular complexity index is 912. The first-order valence-corrected chi connectivity index (χ1v) is 9.61. The molecule has 1 amide bonds. The summed E-state index contributed by atoms with van der Waals surface area (Å²) < 4.78 is 26.7. The molecule has 0 aliphatic carbocycles. The predicted molar refractivity (Wildman–Crippen MR) is 108 cm³/mol. The number of para-hydroxylation sites is 1. The van der Waals surface area contributed by atoms with Gasteiger partial charge in [0.25, 0.3) is 5.91 Å². The van der Waals surface area contributed by atoms with Gasteiger partial charge in [-0.15, -0.1) is 0 Å². The standard InChI is InChI=1S/C22H25NO7/c1-4-23(13-16-6-5-7-18-21(16)29-11-10-28-18)22(25)15-8-9-17(19(12-15)26-2)30-14-20(24)27-3/h5-9,12H,4,10-11,13-14H2,1-3H3. The number of amides is 1. The Labute approximate surface area is 175 Å². The lowest BCUT2D eigenvalue weighted by Gasteiger charge is -2.25. The molecule has 0 N–H and O–H groups in total. The molecule has 160 valence electrons. The maximum absolute atomic E-state index is 13.1. The van der Waals surface area contributed by atoms with Crippen LogP contribution in [0.5, 0.6) is 23.0 Å². The predicted octanol–water partition coefficient (Wildman–Crippen LogP) is 2.68. The minimum atomic E-state index is -0.508. The van der Waals surface area contributed by atoms with Gasteiger partial charge in [-0.1, -0.05) is 12.1 Å². The number of rotatable bonds is 8. The molecule has 1 aliphatic rings. The maximum Gasteiger partial charge on any atom is 0.343 e. The van der Waals surface area contributed by atoms with E-state index in [0.29, 0.717) is 54.9 Å². The molecule has 2 aromatic rings. The van der Waals surface area contributed by atoms with Crippen LogP contribution >= 0.6 is 0 Å². The summed E-state index contributed by atoms with van der Waals surface area (Å²) in [5.74, 6) is 1.41. The number of carbonyl (C=O) groups is 2. The SMILES string of the molecule is CCN(Cc1cccc2c1OCCO2)C(=O)c1ccc(OCC(=O)OC)c(OC)c1. The highest BCUT2D eigenvalue weighted by Crippen LogP contribution is 2.35. The fraction of sp³-hybridized carbons (Fsp3) is 0.364. The van der Waals surface area contributed by atoms with Crippen LogP contribution in [0.25, 0.3) is 0 Å². The zero-order valence-corrected chi connectivity index (χ0v) is 17.3. The molecular weight excluding hydrogens is 390 g/mol. The molecule has 30 heavy (non-hydrogen) atoms. The van der Waals surface area contributed by atoms with Gasteiger partial charge >= 0.3 is 5.97 Å². The number of benzene rings is 2. The van der Waals surface area contributed by atoms with E-state index >= 15 is 0 Å². The number of hydrogen-bond acceptors (Lipinski definition) is 7. The van der Waals surface area contributed by atoms with E-state index in [4.69, 9.17) is 18.9 Å². The van der Waals surface area contributed by atoms with E-state index in [9.17, 15) is 9.59 Å². The molecule has 3 rings (SSSR count). The quantitative estimate of drug-likeness (QED) is 0.613. The van der Waals surface area contributed by atoms with Crippen molar-refractivity contribution in [2.45, 2.75) is 13.5 Å². The van der Waals surface area contributed by atoms with Gasteiger partial charge in [-0.05, 0) is 31.2 Å². The average molecular weight is 415 g/mol. The molecule has 1 aliphatic heterocycles. The number of hydrogen-bond donors (Lipinski definition) is 0. The monoisotopic (exact) mass is 415 g/mol. The maximum atomic E-state index is 13.1. The third-order valence-corrected chi connectivity index (χ3v) is 4.66. The van der Waals surface area contributed by atoms with Crippen molar-refractivity contribution in [3.63, 3.8) is 0 Å². The van der Waals surface area contributed by atoms with Crippen molar-refractivity contribution in [1.82, 2.24) is 4.90 Å². The molecule has 8 heteroatoms. The summed E-state index contributed by atoms with van der Waals surface area (Å²) in [5, 5.41) is 0. The first-order chi connectivity index (χ1) is 14.6. The summed E-state index contributed by atoms with van der Waals surface area (Å²) in [6, 6.07) is 10.5. The summed E-state index contributed by atoms with van der Waals surface area (Å²) in [7, 11) is 2.75. The van der Waals surface area contributed by atoms with E-state index in [0.717, 1.165) is 5.56 Å². The third-order valence-electron chi connectivity index (χ3n) is 4.66. The van der Waals surface area contributed by atoms with Crippen LogP contribution in [0.3, 0.4) is 0 Å². The van der Waals surface area contributed by atoms with Crippen LogP contribution in [0.1, 0.15) is 22.8 Å². The summed E-state index contributed by atoms with van der Waals surface area (Å²) in [6.45, 7) is 3.54. The van der Waals surface area contributed by atoms with Crippen molar-refractivity contribution in [2.75, 3.05) is 40.6 Å². The number of ether oxygens (including phenoxy) is 5. The van der Waals surface area contributed by atoms with Crippen LogP contribution < -0.4 is 18.9 Å². The van der Waals surface area contributed by atoms with Gasteiger partial charge in [-0.25, -0.2) is 4.79 Å². The average Bonchev–Trinajstić information content (AvgIpc) is 2.80. The van der Waals surface area contributed by atoms with Crippen molar-refractivity contribution >= 4 is 11.9 Å². The number of carbonyl (C=O) groups excluding carboxylic acids is 2. The highest BCUT2D eigenvalue weighted by Gasteiger charge is 2.21. The number of methoxy groups -OCH3 is 2. The van der Waals surface area contributed by atoms with Crippen molar-refractivity contribution in [1.29, 1.82) is 0 Å². The molecule has 0 spiro atoms. The summed E-state index contributed by atoms with van der Waals surface area (Å²) in [6.07, 6.45) is 0. The summed E-state index contributed by atoms with van der Waals surface area (Å²) in [4.78, 5) is 26.1. The fourth-order valence-electron chi connectivity index (χ4n) is 3.09. The van der Waals surface area contributed by atoms with Crippen LogP contribution in [0.4, 0.5) is 0 Å². The lowest BCUT2D eigenvalue weighted by atomic mass is 10.1. The van der Waals surface area contributed by atoms with Crippen LogP contribution in [0.15, 0.2) is 36.4 Å². The second kappa shape index (κ2) is 9.87. The number of nitrogens with zero attached hydrogens (tertiary/aromatic N) is 1. The van der Waals surface area contributed by atoms with Gasteiger partial charge in [0.05, 0.1) is 14.2 Å². The fourth-order valence-corrected chi connectivity index (χ4v) is 3.09. The lowest BCUT2D eigenvalue weighted by Crippen LogP contribution is -2.31. The largest absolute Gasteiger partial charge is 0.493 e. The zero-order valence-electron chi connectivity index (χ0n) is 17.3. The van der Waals surface area contributed by atoms with Gasteiger partial charge < -0.3 is 28.6 Å². The van der Waals surface area contributed by atoms with Crippen molar-refractivity contribution in [3.05, 3.63) is 47.5 Å². The molecule has 0 saturated carbocycles. The molecular formula is C22H25NO7. The van der Waals surface area contributed by atoms with Gasteiger partial charge in [-0.3, -0.25) is 4.79 Å². The highest BCUT2D eigenvalue weighted by molar-refractivity contribution is 5.95. The van der Waals surface area contributed by atoms with Gasteiger partial charge in [0.2, 0.25) is 0 Å². The van der Waals surface area contributed by atoms with Gasteiger partial charge in [0.15, 0.2) is 29.6 Å².